The monoisotopic (exact) mass is 280 g/mol. The van der Waals surface area contributed by atoms with E-state index in [1.165, 1.54) is 24.8 Å². The van der Waals surface area contributed by atoms with Gasteiger partial charge >= 0.3 is 0 Å². The van der Waals surface area contributed by atoms with Gasteiger partial charge in [-0.25, -0.2) is 0 Å². The van der Waals surface area contributed by atoms with Crippen molar-refractivity contribution in [3.63, 3.8) is 0 Å². The van der Waals surface area contributed by atoms with Gasteiger partial charge in [-0.3, -0.25) is 0 Å². The van der Waals surface area contributed by atoms with Gasteiger partial charge in [0.05, 0.1) is 0 Å². The molecule has 0 saturated carbocycles. The Hall–Kier alpha value is -1.11. The summed E-state index contributed by atoms with van der Waals surface area (Å²) in [6.07, 6.45) is 13.3. The Morgan fingerprint density at radius 1 is 0.950 bits per heavy atom. The molecule has 0 aliphatic heterocycles. The summed E-state index contributed by atoms with van der Waals surface area (Å²) in [5, 5.41) is 0. The van der Waals surface area contributed by atoms with Gasteiger partial charge in [0, 0.05) is 6.42 Å². The van der Waals surface area contributed by atoms with E-state index in [4.69, 9.17) is 0 Å². The van der Waals surface area contributed by atoms with E-state index >= 15 is 0 Å². The van der Waals surface area contributed by atoms with E-state index in [0.717, 1.165) is 25.7 Å². The lowest BCUT2D eigenvalue weighted by Gasteiger charge is -2.01. The number of unbranched alkanes of at least 4 members (excludes halogenated alkanes) is 3. The lowest BCUT2D eigenvalue weighted by Crippen LogP contribution is -1.89. The summed E-state index contributed by atoms with van der Waals surface area (Å²) >= 11 is 0. The molecule has 0 spiro atoms. The molecule has 0 unspecified atom stereocenters. The van der Waals surface area contributed by atoms with Crippen LogP contribution in [0.25, 0.3) is 0 Å². The van der Waals surface area contributed by atoms with Crippen molar-refractivity contribution in [3.05, 3.63) is 37.0 Å². The van der Waals surface area contributed by atoms with Gasteiger partial charge in [0.2, 0.25) is 0 Å². The first-order chi connectivity index (χ1) is 9.62. The highest BCUT2D eigenvalue weighted by Gasteiger charge is 1.95. The minimum absolute atomic E-state index is 0.299. The average Bonchev–Trinajstić information content (AvgIpc) is 2.44. The summed E-state index contributed by atoms with van der Waals surface area (Å²) in [5.41, 5.74) is 1.25. The summed E-state index contributed by atoms with van der Waals surface area (Å²) in [6.45, 7) is 17.3. The Labute approximate surface area is 127 Å². The van der Waals surface area contributed by atoms with E-state index in [9.17, 15) is 4.79 Å². The molecule has 0 aromatic rings. The van der Waals surface area contributed by atoms with Gasteiger partial charge in [-0.05, 0) is 31.8 Å². The molecule has 0 bridgehead atoms. The zero-order valence-electron chi connectivity index (χ0n) is 14.5. The topological polar surface area (TPSA) is 17.1 Å². The van der Waals surface area contributed by atoms with E-state index < -0.39 is 0 Å². The predicted octanol–water partition coefficient (Wildman–Crippen LogP) is 6.66. The van der Waals surface area contributed by atoms with Gasteiger partial charge in [0.15, 0.2) is 0 Å². The summed E-state index contributed by atoms with van der Waals surface area (Å²) < 4.78 is 0. The number of allylic oxidation sites excluding steroid dienone is 4. The van der Waals surface area contributed by atoms with Gasteiger partial charge < -0.3 is 4.79 Å². The van der Waals surface area contributed by atoms with Crippen molar-refractivity contribution < 1.29 is 4.79 Å². The van der Waals surface area contributed by atoms with Crippen LogP contribution in [0.1, 0.15) is 79.6 Å². The molecule has 0 saturated heterocycles. The molecule has 0 aliphatic carbocycles. The normalized spacial score (nSPS) is 9.55. The largest absolute Gasteiger partial charge is 0.300 e. The molecule has 0 fully saturated rings. The van der Waals surface area contributed by atoms with Crippen LogP contribution in [0.15, 0.2) is 37.0 Å². The van der Waals surface area contributed by atoms with Gasteiger partial charge in [-0.15, -0.1) is 0 Å². The Bertz CT molecular complexity index is 248. The number of carbonyl (C=O) groups excluding carboxylic acids is 1. The lowest BCUT2D eigenvalue weighted by atomic mass is 10.0. The third-order valence-electron chi connectivity index (χ3n) is 2.34. The summed E-state index contributed by atoms with van der Waals surface area (Å²) in [5.74, 6) is 0.299. The average molecular weight is 280 g/mol. The third-order valence-corrected chi connectivity index (χ3v) is 2.34. The number of carbonyl (C=O) groups is 1. The molecular weight excluding hydrogens is 244 g/mol. The number of Topliss-reactive ketones (excluding diaryl/α,β-unsaturated/α-hetero) is 1. The maximum absolute atomic E-state index is 10.7. The Morgan fingerprint density at radius 3 is 1.75 bits per heavy atom. The van der Waals surface area contributed by atoms with Crippen molar-refractivity contribution in [2.24, 2.45) is 0 Å². The summed E-state index contributed by atoms with van der Waals surface area (Å²) in [6, 6.07) is 0. The Balaban J connectivity index is -0.000000505. The first-order valence-electron chi connectivity index (χ1n) is 8.05. The van der Waals surface area contributed by atoms with Crippen LogP contribution >= 0.6 is 0 Å². The maximum Gasteiger partial charge on any atom is 0.129 e. The molecule has 1 nitrogen and oxygen atoms in total. The molecular formula is C19H36O. The van der Waals surface area contributed by atoms with E-state index in [2.05, 4.69) is 27.0 Å². The molecule has 118 valence electrons. The predicted molar refractivity (Wildman–Crippen MR) is 94.2 cm³/mol. The minimum Gasteiger partial charge on any atom is -0.300 e. The highest BCUT2D eigenvalue weighted by Crippen LogP contribution is 2.11. The Morgan fingerprint density at radius 2 is 1.40 bits per heavy atom. The molecule has 0 N–H and O–H groups in total. The van der Waals surface area contributed by atoms with Crippen molar-refractivity contribution >= 4 is 5.78 Å². The molecule has 0 amide bonds. The van der Waals surface area contributed by atoms with Crippen molar-refractivity contribution in [1.82, 2.24) is 0 Å². The second-order valence-corrected chi connectivity index (χ2v) is 4.50. The minimum atomic E-state index is 0.299. The fraction of sp³-hybridized carbons (Fsp3) is 0.632. The SMILES string of the molecule is C=C/C=C(\C=C)CCCCCCC(C)=O.CC.CCC. The van der Waals surface area contributed by atoms with Crippen LogP contribution in [0.4, 0.5) is 0 Å². The van der Waals surface area contributed by atoms with E-state index in [-0.39, 0.29) is 0 Å². The van der Waals surface area contributed by atoms with Crippen LogP contribution in [-0.4, -0.2) is 5.78 Å². The zero-order valence-corrected chi connectivity index (χ0v) is 14.5. The van der Waals surface area contributed by atoms with Gasteiger partial charge in [-0.1, -0.05) is 78.3 Å². The fourth-order valence-corrected chi connectivity index (χ4v) is 1.46. The van der Waals surface area contributed by atoms with Crippen LogP contribution in [0.5, 0.6) is 0 Å². The standard InChI is InChI=1S/C14H22O.C3H8.C2H6/c1-4-10-14(5-2)12-9-7-6-8-11-13(3)15;1-3-2;1-2/h4-5,10H,1-2,6-9,11-12H2,3H3;3H2,1-2H3;1-2H3/b14-10+;;. The molecule has 0 atom stereocenters. The van der Waals surface area contributed by atoms with Crippen LogP contribution in [0.2, 0.25) is 0 Å². The van der Waals surface area contributed by atoms with Crippen LogP contribution < -0.4 is 0 Å². The summed E-state index contributed by atoms with van der Waals surface area (Å²) in [7, 11) is 0. The highest BCUT2D eigenvalue weighted by molar-refractivity contribution is 5.75. The number of ketones is 1. The Kier molecular flexibility index (Phi) is 27.6. The number of rotatable bonds is 9. The van der Waals surface area contributed by atoms with Gasteiger partial charge in [0.1, 0.15) is 5.78 Å². The van der Waals surface area contributed by atoms with Gasteiger partial charge in [0.25, 0.3) is 0 Å². The van der Waals surface area contributed by atoms with Crippen molar-refractivity contribution in [2.75, 3.05) is 0 Å². The third kappa shape index (κ3) is 25.7. The molecule has 0 rings (SSSR count). The second-order valence-electron chi connectivity index (χ2n) is 4.50. The zero-order chi connectivity index (χ0) is 16.2. The first-order valence-corrected chi connectivity index (χ1v) is 8.05. The van der Waals surface area contributed by atoms with Crippen molar-refractivity contribution in [1.29, 1.82) is 0 Å². The smallest absolute Gasteiger partial charge is 0.129 e. The number of hydrogen-bond donors (Lipinski definition) is 0. The van der Waals surface area contributed by atoms with Crippen LogP contribution in [0.3, 0.4) is 0 Å². The molecule has 0 heterocycles. The number of hydrogen-bond acceptors (Lipinski definition) is 1. The van der Waals surface area contributed by atoms with E-state index in [0.29, 0.717) is 5.78 Å². The molecule has 1 heteroatoms. The van der Waals surface area contributed by atoms with Crippen molar-refractivity contribution in [2.45, 2.75) is 79.6 Å². The quantitative estimate of drug-likeness (QED) is 0.341. The molecule has 0 aromatic heterocycles. The second kappa shape index (κ2) is 23.0. The first kappa shape index (κ1) is 23.9. The fourth-order valence-electron chi connectivity index (χ4n) is 1.46. The van der Waals surface area contributed by atoms with E-state index in [1.54, 1.807) is 13.0 Å². The summed E-state index contributed by atoms with van der Waals surface area (Å²) in [4.78, 5) is 10.7. The van der Waals surface area contributed by atoms with Crippen LogP contribution in [-0.2, 0) is 4.79 Å². The molecule has 0 radical (unpaired) electrons. The van der Waals surface area contributed by atoms with Crippen molar-refractivity contribution in [3.8, 4) is 0 Å². The van der Waals surface area contributed by atoms with E-state index in [1.807, 2.05) is 26.0 Å². The molecule has 20 heavy (non-hydrogen) atoms. The molecule has 0 aliphatic rings. The van der Waals surface area contributed by atoms with Crippen LogP contribution in [0, 0.1) is 0 Å². The molecule has 0 aromatic carbocycles. The highest BCUT2D eigenvalue weighted by atomic mass is 16.1. The van der Waals surface area contributed by atoms with Gasteiger partial charge in [-0.2, -0.15) is 0 Å². The lowest BCUT2D eigenvalue weighted by molar-refractivity contribution is -0.117. The maximum atomic E-state index is 10.7.